The van der Waals surface area contributed by atoms with Gasteiger partial charge in [-0.15, -0.1) is 0 Å². The van der Waals surface area contributed by atoms with Crippen molar-refractivity contribution in [3.05, 3.63) is 24.3 Å². The number of hydrogen-bond acceptors (Lipinski definition) is 5. The summed E-state index contributed by atoms with van der Waals surface area (Å²) < 4.78 is 25.6. The fourth-order valence-electron chi connectivity index (χ4n) is 4.19. The number of carbonyl (C=O) groups excluding carboxylic acids is 1. The molecule has 1 aliphatic rings. The van der Waals surface area contributed by atoms with Gasteiger partial charge in [0.25, 0.3) is 0 Å². The van der Waals surface area contributed by atoms with Gasteiger partial charge in [-0.05, 0) is 72.9 Å². The maximum atomic E-state index is 12.7. The Kier molecular flexibility index (Phi) is 8.61. The Labute approximate surface area is 210 Å². The van der Waals surface area contributed by atoms with Crippen LogP contribution in [0.4, 0.5) is 0 Å². The van der Waals surface area contributed by atoms with Crippen LogP contribution in [0, 0.1) is 11.8 Å². The summed E-state index contributed by atoms with van der Waals surface area (Å²) in [5, 5.41) is 0.0699. The Morgan fingerprint density at radius 3 is 1.88 bits per heavy atom. The average Bonchev–Trinajstić information content (AvgIpc) is 2.94. The first kappa shape index (κ1) is 29.1. The van der Waals surface area contributed by atoms with E-state index >= 15 is 0 Å². The van der Waals surface area contributed by atoms with Crippen molar-refractivity contribution in [2.45, 2.75) is 103 Å². The van der Waals surface area contributed by atoms with Crippen molar-refractivity contribution in [1.29, 1.82) is 0 Å². The monoisotopic (exact) mass is 508 g/mol. The quantitative estimate of drug-likeness (QED) is 0.263. The maximum absolute atomic E-state index is 12.7. The number of hydrogen-bond donors (Lipinski definition) is 0. The van der Waals surface area contributed by atoms with Crippen LogP contribution >= 0.6 is 0 Å². The molecule has 7 heteroatoms. The minimum absolute atomic E-state index is 0.00909. The highest BCUT2D eigenvalue weighted by Crippen LogP contribution is 2.51. The van der Waals surface area contributed by atoms with Gasteiger partial charge in [0.05, 0.1) is 19.1 Å². The number of carbonyl (C=O) groups is 1. The van der Waals surface area contributed by atoms with Crippen LogP contribution in [0.5, 0.6) is 11.5 Å². The minimum atomic E-state index is -2.21. The van der Waals surface area contributed by atoms with E-state index in [2.05, 4.69) is 74.7 Å². The predicted molar refractivity (Wildman–Crippen MR) is 145 cm³/mol. The molecule has 0 N–H and O–H groups in total. The van der Waals surface area contributed by atoms with E-state index < -0.39 is 22.2 Å². The van der Waals surface area contributed by atoms with E-state index in [9.17, 15) is 4.79 Å². The van der Waals surface area contributed by atoms with Crippen LogP contribution in [-0.4, -0.2) is 48.3 Å². The molecule has 34 heavy (non-hydrogen) atoms. The van der Waals surface area contributed by atoms with Gasteiger partial charge in [-0.1, -0.05) is 48.5 Å². The van der Waals surface area contributed by atoms with Crippen LogP contribution in [0.25, 0.3) is 0 Å². The molecule has 1 aromatic carbocycles. The van der Waals surface area contributed by atoms with Crippen molar-refractivity contribution in [2.24, 2.45) is 11.8 Å². The lowest BCUT2D eigenvalue weighted by Gasteiger charge is -2.46. The molecule has 1 fully saturated rings. The van der Waals surface area contributed by atoms with Crippen molar-refractivity contribution in [1.82, 2.24) is 0 Å². The molecule has 1 aliphatic carbocycles. The van der Waals surface area contributed by atoms with Gasteiger partial charge in [0.2, 0.25) is 0 Å². The largest absolute Gasteiger partial charge is 0.497 e. The first-order valence-corrected chi connectivity index (χ1v) is 18.3. The molecule has 0 bridgehead atoms. The first-order valence-electron chi connectivity index (χ1n) is 12.5. The van der Waals surface area contributed by atoms with E-state index in [1.54, 1.807) is 7.11 Å². The van der Waals surface area contributed by atoms with E-state index in [0.29, 0.717) is 6.61 Å². The Balaban J connectivity index is 2.45. The zero-order valence-electron chi connectivity index (χ0n) is 23.6. The SMILES string of the molecule is COc1ccc(OC[C@@]2(O[Si](C)(C)C(C)(C)C)C[C@H](C)[C@@H](O[Si](C)(C)C(C)(C)C)[C@@H]2C=O)cc1. The molecular weight excluding hydrogens is 460 g/mol. The van der Waals surface area contributed by atoms with Crippen molar-refractivity contribution in [3.8, 4) is 11.5 Å². The molecule has 0 amide bonds. The van der Waals surface area contributed by atoms with E-state index in [1.807, 2.05) is 24.3 Å². The summed E-state index contributed by atoms with van der Waals surface area (Å²) in [7, 11) is -2.65. The Morgan fingerprint density at radius 2 is 1.44 bits per heavy atom. The van der Waals surface area contributed by atoms with Crippen molar-refractivity contribution in [2.75, 3.05) is 13.7 Å². The van der Waals surface area contributed by atoms with Crippen LogP contribution in [0.2, 0.25) is 36.3 Å². The molecule has 0 spiro atoms. The lowest BCUT2D eigenvalue weighted by Crippen LogP contribution is -2.56. The van der Waals surface area contributed by atoms with E-state index in [1.165, 1.54) is 0 Å². The average molecular weight is 509 g/mol. The highest BCUT2D eigenvalue weighted by Gasteiger charge is 2.59. The molecular formula is C27H48O5Si2. The van der Waals surface area contributed by atoms with Gasteiger partial charge in [-0.2, -0.15) is 0 Å². The van der Waals surface area contributed by atoms with Gasteiger partial charge in [-0.3, -0.25) is 0 Å². The summed E-state index contributed by atoms with van der Waals surface area (Å²) in [4.78, 5) is 12.7. The van der Waals surface area contributed by atoms with Crippen molar-refractivity contribution in [3.63, 3.8) is 0 Å². The number of rotatable bonds is 9. The highest BCUT2D eigenvalue weighted by atomic mass is 28.4. The molecule has 2 rings (SSSR count). The van der Waals surface area contributed by atoms with Gasteiger partial charge in [0, 0.05) is 0 Å². The lowest BCUT2D eigenvalue weighted by molar-refractivity contribution is -0.123. The summed E-state index contributed by atoms with van der Waals surface area (Å²) in [5.74, 6) is 1.32. The van der Waals surface area contributed by atoms with E-state index in [-0.39, 0.29) is 28.0 Å². The molecule has 1 aromatic rings. The van der Waals surface area contributed by atoms with E-state index in [4.69, 9.17) is 18.3 Å². The highest BCUT2D eigenvalue weighted by molar-refractivity contribution is 6.74. The molecule has 194 valence electrons. The third-order valence-corrected chi connectivity index (χ3v) is 17.4. The number of aldehydes is 1. The molecule has 0 heterocycles. The summed E-state index contributed by atoms with van der Waals surface area (Å²) in [6, 6.07) is 7.57. The Bertz CT molecular complexity index is 823. The topological polar surface area (TPSA) is 54.0 Å². The molecule has 0 aliphatic heterocycles. The third-order valence-electron chi connectivity index (χ3n) is 8.38. The second-order valence-corrected chi connectivity index (χ2v) is 22.6. The first-order chi connectivity index (χ1) is 15.4. The molecule has 4 atom stereocenters. The smallest absolute Gasteiger partial charge is 0.193 e. The lowest BCUT2D eigenvalue weighted by atomic mass is 9.92. The Hall–Kier alpha value is -1.16. The van der Waals surface area contributed by atoms with Crippen LogP contribution in [0.1, 0.15) is 54.9 Å². The number of methoxy groups -OCH3 is 1. The minimum Gasteiger partial charge on any atom is -0.497 e. The molecule has 0 radical (unpaired) electrons. The number of ether oxygens (including phenoxy) is 2. The molecule has 0 saturated heterocycles. The fraction of sp³-hybridized carbons (Fsp3) is 0.741. The number of benzene rings is 1. The normalized spacial score (nSPS) is 26.4. The van der Waals surface area contributed by atoms with Gasteiger partial charge < -0.3 is 23.1 Å². The molecule has 1 saturated carbocycles. The predicted octanol–water partition coefficient (Wildman–Crippen LogP) is 7.08. The van der Waals surface area contributed by atoms with Crippen molar-refractivity contribution >= 4 is 22.9 Å². The van der Waals surface area contributed by atoms with Crippen LogP contribution in [0.3, 0.4) is 0 Å². The molecule has 0 aromatic heterocycles. The van der Waals surface area contributed by atoms with Crippen molar-refractivity contribution < 1.29 is 23.1 Å². The summed E-state index contributed by atoms with van der Waals surface area (Å²) in [6.07, 6.45) is 1.63. The van der Waals surface area contributed by atoms with Gasteiger partial charge in [0.15, 0.2) is 16.6 Å². The second kappa shape index (κ2) is 10.1. The van der Waals surface area contributed by atoms with Gasteiger partial charge >= 0.3 is 0 Å². The standard InChI is InChI=1S/C27H48O5Si2/c1-20-17-27(32-34(11,12)26(5,6)7,19-30-22-15-13-21(29-8)14-16-22)23(18-28)24(20)31-33(9,10)25(2,3)4/h13-16,18,20,23-24H,17,19H2,1-12H3/t20-,23-,24+,27-/m0/s1. The molecule has 5 nitrogen and oxygen atoms in total. The van der Waals surface area contributed by atoms with Crippen LogP contribution < -0.4 is 9.47 Å². The zero-order chi connectivity index (χ0) is 26.2. The van der Waals surface area contributed by atoms with Gasteiger partial charge in [0.1, 0.15) is 30.0 Å². The van der Waals surface area contributed by atoms with E-state index in [0.717, 1.165) is 24.2 Å². The summed E-state index contributed by atoms with van der Waals surface area (Å²) in [5.41, 5.74) is -0.725. The maximum Gasteiger partial charge on any atom is 0.193 e. The van der Waals surface area contributed by atoms with Crippen LogP contribution in [0.15, 0.2) is 24.3 Å². The van der Waals surface area contributed by atoms with Gasteiger partial charge in [-0.25, -0.2) is 0 Å². The zero-order valence-corrected chi connectivity index (χ0v) is 25.6. The third kappa shape index (κ3) is 6.15. The summed E-state index contributed by atoms with van der Waals surface area (Å²) >= 11 is 0. The Morgan fingerprint density at radius 1 is 0.941 bits per heavy atom. The summed E-state index contributed by atoms with van der Waals surface area (Å²) in [6.45, 7) is 24.9. The van der Waals surface area contributed by atoms with Crippen LogP contribution in [-0.2, 0) is 13.6 Å². The molecule has 0 unspecified atom stereocenters. The fourth-order valence-corrected chi connectivity index (χ4v) is 7.21. The second-order valence-electron chi connectivity index (χ2n) is 13.1.